The molecule has 1 aromatic heterocycles. The molecule has 2 aromatic carbocycles. The second-order valence-electron chi connectivity index (χ2n) is 4.96. The van der Waals surface area contributed by atoms with E-state index in [0.717, 1.165) is 4.57 Å². The number of benzene rings is 2. The van der Waals surface area contributed by atoms with E-state index in [0.29, 0.717) is 11.1 Å². The molecule has 1 N–H and O–H groups in total. The minimum atomic E-state index is -4.57. The smallest absolute Gasteiger partial charge is 0.387 e. The lowest BCUT2D eigenvalue weighted by atomic mass is 10.1. The second kappa shape index (κ2) is 5.46. The average Bonchev–Trinajstić information content (AvgIpc) is 2.87. The monoisotopic (exact) mass is 306 g/mol. The van der Waals surface area contributed by atoms with Gasteiger partial charge in [-0.25, -0.2) is 4.98 Å². The van der Waals surface area contributed by atoms with Crippen molar-refractivity contribution in [1.82, 2.24) is 9.55 Å². The molecule has 0 spiro atoms. The topological polar surface area (TPSA) is 38.0 Å². The first-order chi connectivity index (χ1) is 10.5. The highest BCUT2D eigenvalue weighted by Crippen LogP contribution is 2.32. The number of nitrogens with zero attached hydrogens (tertiary/aromatic N) is 2. The standard InChI is InChI=1S/C16H13F3N2O/c17-16(18,19)15-20-12-8-4-5-9-13(12)21(15)10-14(22)11-6-2-1-3-7-11/h1-9,14,22H,10H2/t14-/m0/s1. The normalized spacial score (nSPS) is 13.5. The molecule has 0 bridgehead atoms. The van der Waals surface area contributed by atoms with Gasteiger partial charge in [-0.2, -0.15) is 13.2 Å². The summed E-state index contributed by atoms with van der Waals surface area (Å²) in [5.41, 5.74) is 1.17. The summed E-state index contributed by atoms with van der Waals surface area (Å²) in [6, 6.07) is 15.0. The number of aliphatic hydroxyl groups is 1. The van der Waals surface area contributed by atoms with Crippen LogP contribution in [0, 0.1) is 0 Å². The lowest BCUT2D eigenvalue weighted by molar-refractivity contribution is -0.147. The molecule has 0 saturated heterocycles. The molecule has 0 fully saturated rings. The highest BCUT2D eigenvalue weighted by atomic mass is 19.4. The van der Waals surface area contributed by atoms with Gasteiger partial charge in [0.1, 0.15) is 0 Å². The number of aliphatic hydroxyl groups excluding tert-OH is 1. The van der Waals surface area contributed by atoms with Crippen molar-refractivity contribution in [3.63, 3.8) is 0 Å². The first-order valence-electron chi connectivity index (χ1n) is 6.72. The van der Waals surface area contributed by atoms with Crippen molar-refractivity contribution in [2.75, 3.05) is 0 Å². The van der Waals surface area contributed by atoms with Crippen LogP contribution in [-0.2, 0) is 12.7 Å². The van der Waals surface area contributed by atoms with Gasteiger partial charge in [0.2, 0.25) is 5.82 Å². The van der Waals surface area contributed by atoms with Crippen LogP contribution >= 0.6 is 0 Å². The third-order valence-electron chi connectivity index (χ3n) is 3.45. The van der Waals surface area contributed by atoms with Gasteiger partial charge in [0.25, 0.3) is 0 Å². The van der Waals surface area contributed by atoms with Gasteiger partial charge in [-0.15, -0.1) is 0 Å². The quantitative estimate of drug-likeness (QED) is 0.799. The van der Waals surface area contributed by atoms with Crippen molar-refractivity contribution in [3.8, 4) is 0 Å². The van der Waals surface area contributed by atoms with Crippen molar-refractivity contribution < 1.29 is 18.3 Å². The molecule has 3 aromatic rings. The summed E-state index contributed by atoms with van der Waals surface area (Å²) in [7, 11) is 0. The van der Waals surface area contributed by atoms with Crippen LogP contribution < -0.4 is 0 Å². The fourth-order valence-electron chi connectivity index (χ4n) is 2.43. The third kappa shape index (κ3) is 2.69. The van der Waals surface area contributed by atoms with Crippen LogP contribution in [-0.4, -0.2) is 14.7 Å². The maximum atomic E-state index is 13.2. The van der Waals surface area contributed by atoms with Crippen molar-refractivity contribution in [1.29, 1.82) is 0 Å². The molecule has 3 nitrogen and oxygen atoms in total. The van der Waals surface area contributed by atoms with E-state index in [-0.39, 0.29) is 12.1 Å². The SMILES string of the molecule is O[C@@H](Cn1c(C(F)(F)F)nc2ccccc21)c1ccccc1. The van der Waals surface area contributed by atoms with E-state index in [2.05, 4.69) is 4.98 Å². The molecule has 6 heteroatoms. The molecule has 0 unspecified atom stereocenters. The summed E-state index contributed by atoms with van der Waals surface area (Å²) in [6.45, 7) is -0.209. The Kier molecular flexibility index (Phi) is 3.62. The fourth-order valence-corrected chi connectivity index (χ4v) is 2.43. The van der Waals surface area contributed by atoms with Crippen molar-refractivity contribution in [2.24, 2.45) is 0 Å². The van der Waals surface area contributed by atoms with E-state index in [9.17, 15) is 18.3 Å². The molecule has 3 rings (SSSR count). The molecule has 22 heavy (non-hydrogen) atoms. The Bertz CT molecular complexity index is 781. The van der Waals surface area contributed by atoms with E-state index in [1.807, 2.05) is 0 Å². The van der Waals surface area contributed by atoms with Crippen LogP contribution in [0.2, 0.25) is 0 Å². The first kappa shape index (κ1) is 14.6. The Morgan fingerprint density at radius 3 is 2.32 bits per heavy atom. The molecule has 0 amide bonds. The number of imidazole rings is 1. The van der Waals surface area contributed by atoms with E-state index < -0.39 is 18.1 Å². The maximum absolute atomic E-state index is 13.2. The molecular weight excluding hydrogens is 293 g/mol. The van der Waals surface area contributed by atoms with Crippen LogP contribution in [0.15, 0.2) is 54.6 Å². The summed E-state index contributed by atoms with van der Waals surface area (Å²) in [5, 5.41) is 10.2. The van der Waals surface area contributed by atoms with E-state index in [1.54, 1.807) is 48.5 Å². The van der Waals surface area contributed by atoms with Crippen LogP contribution in [0.25, 0.3) is 11.0 Å². The van der Waals surface area contributed by atoms with Crippen LogP contribution in [0.4, 0.5) is 13.2 Å². The Morgan fingerprint density at radius 1 is 1.00 bits per heavy atom. The Morgan fingerprint density at radius 2 is 1.64 bits per heavy atom. The second-order valence-corrected chi connectivity index (χ2v) is 4.96. The van der Waals surface area contributed by atoms with Crippen LogP contribution in [0.5, 0.6) is 0 Å². The van der Waals surface area contributed by atoms with Crippen molar-refractivity contribution in [3.05, 3.63) is 66.0 Å². The van der Waals surface area contributed by atoms with Crippen molar-refractivity contribution in [2.45, 2.75) is 18.8 Å². The van der Waals surface area contributed by atoms with Gasteiger partial charge < -0.3 is 9.67 Å². The zero-order chi connectivity index (χ0) is 15.7. The summed E-state index contributed by atoms with van der Waals surface area (Å²) in [4.78, 5) is 3.66. The Balaban J connectivity index is 2.05. The van der Waals surface area contributed by atoms with Gasteiger partial charge in [-0.3, -0.25) is 0 Å². The number of fused-ring (bicyclic) bond motifs is 1. The molecule has 0 aliphatic heterocycles. The average molecular weight is 306 g/mol. The number of para-hydroxylation sites is 2. The molecular formula is C16H13F3N2O. The maximum Gasteiger partial charge on any atom is 0.449 e. The van der Waals surface area contributed by atoms with E-state index >= 15 is 0 Å². The zero-order valence-corrected chi connectivity index (χ0v) is 11.5. The largest absolute Gasteiger partial charge is 0.449 e. The number of alkyl halides is 3. The predicted molar refractivity (Wildman–Crippen MR) is 76.1 cm³/mol. The minimum Gasteiger partial charge on any atom is -0.387 e. The fraction of sp³-hybridized carbons (Fsp3) is 0.188. The number of hydrogen-bond acceptors (Lipinski definition) is 2. The summed E-state index contributed by atoms with van der Waals surface area (Å²) < 4.78 is 40.5. The number of halogens is 3. The van der Waals surface area contributed by atoms with Gasteiger partial charge >= 0.3 is 6.18 Å². The van der Waals surface area contributed by atoms with Crippen LogP contribution in [0.3, 0.4) is 0 Å². The van der Waals surface area contributed by atoms with Gasteiger partial charge in [0.15, 0.2) is 0 Å². The molecule has 0 radical (unpaired) electrons. The van der Waals surface area contributed by atoms with Gasteiger partial charge in [-0.05, 0) is 17.7 Å². The zero-order valence-electron chi connectivity index (χ0n) is 11.5. The first-order valence-corrected chi connectivity index (χ1v) is 6.72. The molecule has 1 atom stereocenters. The van der Waals surface area contributed by atoms with Crippen molar-refractivity contribution >= 4 is 11.0 Å². The summed E-state index contributed by atoms with van der Waals surface area (Å²) in [5.74, 6) is -0.997. The summed E-state index contributed by atoms with van der Waals surface area (Å²) >= 11 is 0. The van der Waals surface area contributed by atoms with Gasteiger partial charge in [-0.1, -0.05) is 42.5 Å². The molecule has 114 valence electrons. The lowest BCUT2D eigenvalue weighted by Crippen LogP contribution is -2.18. The number of hydrogen-bond donors (Lipinski definition) is 1. The van der Waals surface area contributed by atoms with Gasteiger partial charge in [0.05, 0.1) is 23.7 Å². The van der Waals surface area contributed by atoms with E-state index in [4.69, 9.17) is 0 Å². The van der Waals surface area contributed by atoms with Gasteiger partial charge in [0, 0.05) is 0 Å². The summed E-state index contributed by atoms with van der Waals surface area (Å²) in [6.07, 6.45) is -5.62. The molecule has 1 heterocycles. The Labute approximate surface area is 124 Å². The molecule has 0 aliphatic carbocycles. The third-order valence-corrected chi connectivity index (χ3v) is 3.45. The highest BCUT2D eigenvalue weighted by Gasteiger charge is 2.37. The number of aromatic nitrogens is 2. The predicted octanol–water partition coefficient (Wildman–Crippen LogP) is 3.79. The molecule has 0 saturated carbocycles. The number of rotatable bonds is 3. The Hall–Kier alpha value is -2.34. The highest BCUT2D eigenvalue weighted by molar-refractivity contribution is 5.76. The van der Waals surface area contributed by atoms with Crippen LogP contribution in [0.1, 0.15) is 17.5 Å². The minimum absolute atomic E-state index is 0.209. The van der Waals surface area contributed by atoms with E-state index in [1.165, 1.54) is 6.07 Å². The molecule has 0 aliphatic rings. The lowest BCUT2D eigenvalue weighted by Gasteiger charge is -2.16.